The molecule has 0 saturated heterocycles. The molecule has 0 unspecified atom stereocenters. The Balaban J connectivity index is 1.90. The number of hydrogen-bond donors (Lipinski definition) is 0. The maximum absolute atomic E-state index is 8.56. The van der Waals surface area contributed by atoms with Crippen molar-refractivity contribution in [1.82, 2.24) is 9.55 Å². The number of aromatic nitrogens is 2. The summed E-state index contributed by atoms with van der Waals surface area (Å²) in [6.45, 7) is 0. The van der Waals surface area contributed by atoms with Crippen molar-refractivity contribution in [3.63, 3.8) is 0 Å². The normalized spacial score (nSPS) is 14.9. The molecule has 0 bridgehead atoms. The van der Waals surface area contributed by atoms with Crippen molar-refractivity contribution in [3.05, 3.63) is 29.6 Å². The summed E-state index contributed by atoms with van der Waals surface area (Å²) in [7, 11) is 2.11. The monoisotopic (exact) mass is 239 g/mol. The first-order valence-electron chi connectivity index (χ1n) is 6.62. The first-order valence-corrected chi connectivity index (χ1v) is 6.62. The van der Waals surface area contributed by atoms with Crippen LogP contribution in [0.15, 0.2) is 18.2 Å². The fourth-order valence-corrected chi connectivity index (χ4v) is 2.50. The van der Waals surface area contributed by atoms with E-state index in [9.17, 15) is 0 Å². The van der Waals surface area contributed by atoms with Crippen LogP contribution in [0.4, 0.5) is 0 Å². The number of fused-ring (bicyclic) bond motifs is 1. The number of unbranched alkanes of at least 4 members (excludes halogenated alkanes) is 1. The van der Waals surface area contributed by atoms with Crippen LogP contribution in [-0.4, -0.2) is 9.55 Å². The minimum Gasteiger partial charge on any atom is -0.331 e. The Morgan fingerprint density at radius 1 is 1.44 bits per heavy atom. The zero-order valence-electron chi connectivity index (χ0n) is 10.7. The first-order chi connectivity index (χ1) is 8.79. The Hall–Kier alpha value is -1.82. The Bertz CT molecular complexity index is 614. The van der Waals surface area contributed by atoms with Gasteiger partial charge < -0.3 is 4.57 Å². The van der Waals surface area contributed by atoms with Gasteiger partial charge in [0.1, 0.15) is 5.82 Å². The molecular weight excluding hydrogens is 222 g/mol. The lowest BCUT2D eigenvalue weighted by Crippen LogP contribution is -1.94. The number of nitriles is 1. The molecule has 0 N–H and O–H groups in total. The zero-order valence-corrected chi connectivity index (χ0v) is 10.7. The molecule has 3 rings (SSSR count). The lowest BCUT2D eigenvalue weighted by molar-refractivity contribution is 0.820. The van der Waals surface area contributed by atoms with Crippen LogP contribution in [0.5, 0.6) is 0 Å². The van der Waals surface area contributed by atoms with Gasteiger partial charge in [0.2, 0.25) is 0 Å². The minimum absolute atomic E-state index is 0.633. The molecule has 0 atom stereocenters. The summed E-state index contributed by atoms with van der Waals surface area (Å²) < 4.78 is 2.23. The Kier molecular flexibility index (Phi) is 2.79. The number of aryl methyl sites for hydroxylation is 2. The fraction of sp³-hybridized carbons (Fsp3) is 0.467. The third-order valence-corrected chi connectivity index (χ3v) is 3.68. The largest absolute Gasteiger partial charge is 0.331 e. The number of benzene rings is 1. The zero-order chi connectivity index (χ0) is 12.5. The molecule has 0 radical (unpaired) electrons. The average molecular weight is 239 g/mol. The molecule has 1 aromatic heterocycles. The van der Waals surface area contributed by atoms with E-state index in [4.69, 9.17) is 10.2 Å². The second-order valence-electron chi connectivity index (χ2n) is 5.14. The SMILES string of the molecule is Cn1c(C2CC2)nc2cc(CCCC#N)ccc21. The number of nitrogens with zero attached hydrogens (tertiary/aromatic N) is 3. The second-order valence-corrected chi connectivity index (χ2v) is 5.14. The van der Waals surface area contributed by atoms with Crippen LogP contribution in [0, 0.1) is 11.3 Å². The maximum Gasteiger partial charge on any atom is 0.112 e. The Labute approximate surface area is 107 Å². The van der Waals surface area contributed by atoms with Crippen LogP contribution in [0.2, 0.25) is 0 Å². The van der Waals surface area contributed by atoms with Crippen molar-refractivity contribution in [2.24, 2.45) is 7.05 Å². The first kappa shape index (κ1) is 11.3. The second kappa shape index (κ2) is 4.45. The summed E-state index contributed by atoms with van der Waals surface area (Å²) >= 11 is 0. The van der Waals surface area contributed by atoms with E-state index < -0.39 is 0 Å². The average Bonchev–Trinajstić information content (AvgIpc) is 3.16. The van der Waals surface area contributed by atoms with Crippen molar-refractivity contribution in [3.8, 4) is 6.07 Å². The van der Waals surface area contributed by atoms with E-state index in [0.717, 1.165) is 18.4 Å². The molecule has 0 amide bonds. The molecule has 92 valence electrons. The van der Waals surface area contributed by atoms with Crippen molar-refractivity contribution < 1.29 is 0 Å². The van der Waals surface area contributed by atoms with Gasteiger partial charge in [0, 0.05) is 19.4 Å². The highest BCUT2D eigenvalue weighted by atomic mass is 15.1. The van der Waals surface area contributed by atoms with Gasteiger partial charge in [-0.3, -0.25) is 0 Å². The number of imidazole rings is 1. The van der Waals surface area contributed by atoms with Crippen LogP contribution < -0.4 is 0 Å². The Morgan fingerprint density at radius 2 is 2.28 bits per heavy atom. The van der Waals surface area contributed by atoms with E-state index in [2.05, 4.69) is 35.9 Å². The van der Waals surface area contributed by atoms with Gasteiger partial charge in [0.05, 0.1) is 17.1 Å². The highest BCUT2D eigenvalue weighted by molar-refractivity contribution is 5.77. The third kappa shape index (κ3) is 1.99. The highest BCUT2D eigenvalue weighted by Crippen LogP contribution is 2.40. The quantitative estimate of drug-likeness (QED) is 0.768. The molecule has 1 fully saturated rings. The summed E-state index contributed by atoms with van der Waals surface area (Å²) in [6, 6.07) is 8.70. The molecule has 3 heteroatoms. The van der Waals surface area contributed by atoms with E-state index in [0.29, 0.717) is 12.3 Å². The summed E-state index contributed by atoms with van der Waals surface area (Å²) in [5.74, 6) is 1.92. The molecule has 0 spiro atoms. The lowest BCUT2D eigenvalue weighted by atomic mass is 10.1. The van der Waals surface area contributed by atoms with Gasteiger partial charge in [-0.05, 0) is 43.4 Å². The molecule has 2 aromatic rings. The molecular formula is C15H17N3. The van der Waals surface area contributed by atoms with Crippen LogP contribution in [-0.2, 0) is 13.5 Å². The van der Waals surface area contributed by atoms with E-state index in [1.807, 2.05) is 0 Å². The highest BCUT2D eigenvalue weighted by Gasteiger charge is 2.28. The molecule has 1 aliphatic carbocycles. The van der Waals surface area contributed by atoms with Crippen LogP contribution >= 0.6 is 0 Å². The van der Waals surface area contributed by atoms with Gasteiger partial charge in [-0.1, -0.05) is 6.07 Å². The molecule has 0 aliphatic heterocycles. The standard InChI is InChI=1S/C15H17N3/c1-18-14-8-5-11(4-2-3-9-16)10-13(14)17-15(18)12-6-7-12/h5,8,10,12H,2-4,6-7H2,1H3. The minimum atomic E-state index is 0.633. The van der Waals surface area contributed by atoms with Gasteiger partial charge >= 0.3 is 0 Å². The summed E-state index contributed by atoms with van der Waals surface area (Å²) in [4.78, 5) is 4.76. The molecule has 1 saturated carbocycles. The third-order valence-electron chi connectivity index (χ3n) is 3.68. The predicted octanol–water partition coefficient (Wildman–Crippen LogP) is 3.30. The van der Waals surface area contributed by atoms with E-state index in [1.165, 1.54) is 29.7 Å². The molecule has 18 heavy (non-hydrogen) atoms. The van der Waals surface area contributed by atoms with E-state index in [1.54, 1.807) is 0 Å². The van der Waals surface area contributed by atoms with Crippen LogP contribution in [0.25, 0.3) is 11.0 Å². The van der Waals surface area contributed by atoms with Gasteiger partial charge in [-0.25, -0.2) is 4.98 Å². The molecule has 3 nitrogen and oxygen atoms in total. The van der Waals surface area contributed by atoms with E-state index in [-0.39, 0.29) is 0 Å². The van der Waals surface area contributed by atoms with Gasteiger partial charge in [-0.2, -0.15) is 5.26 Å². The van der Waals surface area contributed by atoms with Crippen molar-refractivity contribution >= 4 is 11.0 Å². The molecule has 1 aromatic carbocycles. The fourth-order valence-electron chi connectivity index (χ4n) is 2.50. The van der Waals surface area contributed by atoms with Gasteiger partial charge in [0.25, 0.3) is 0 Å². The summed E-state index contributed by atoms with van der Waals surface area (Å²) in [6.07, 6.45) is 5.11. The smallest absolute Gasteiger partial charge is 0.112 e. The number of hydrogen-bond acceptors (Lipinski definition) is 2. The predicted molar refractivity (Wildman–Crippen MR) is 71.2 cm³/mol. The number of rotatable bonds is 4. The van der Waals surface area contributed by atoms with Gasteiger partial charge in [0.15, 0.2) is 0 Å². The van der Waals surface area contributed by atoms with Crippen molar-refractivity contribution in [1.29, 1.82) is 5.26 Å². The summed E-state index contributed by atoms with van der Waals surface area (Å²) in [5.41, 5.74) is 3.62. The molecule has 1 heterocycles. The van der Waals surface area contributed by atoms with Crippen LogP contribution in [0.3, 0.4) is 0 Å². The maximum atomic E-state index is 8.56. The molecule has 1 aliphatic rings. The van der Waals surface area contributed by atoms with E-state index >= 15 is 0 Å². The topological polar surface area (TPSA) is 41.6 Å². The van der Waals surface area contributed by atoms with Crippen LogP contribution in [0.1, 0.15) is 43.0 Å². The Morgan fingerprint density at radius 3 is 3.00 bits per heavy atom. The van der Waals surface area contributed by atoms with Crippen molar-refractivity contribution in [2.45, 2.75) is 38.0 Å². The van der Waals surface area contributed by atoms with Crippen molar-refractivity contribution in [2.75, 3.05) is 0 Å². The lowest BCUT2D eigenvalue weighted by Gasteiger charge is -2.01. The summed E-state index contributed by atoms with van der Waals surface area (Å²) in [5, 5.41) is 8.56. The van der Waals surface area contributed by atoms with Gasteiger partial charge in [-0.15, -0.1) is 0 Å².